The van der Waals surface area contributed by atoms with E-state index >= 15 is 0 Å². The summed E-state index contributed by atoms with van der Waals surface area (Å²) in [6.45, 7) is 7.14. The van der Waals surface area contributed by atoms with E-state index in [4.69, 9.17) is 0 Å². The van der Waals surface area contributed by atoms with Gasteiger partial charge in [0.05, 0.1) is 6.10 Å². The molecular weight excluding hydrogens is 278 g/mol. The van der Waals surface area contributed by atoms with E-state index in [1.165, 1.54) is 10.4 Å². The lowest BCUT2D eigenvalue weighted by molar-refractivity contribution is 0.171. The van der Waals surface area contributed by atoms with E-state index in [1.807, 2.05) is 12.1 Å². The van der Waals surface area contributed by atoms with Gasteiger partial charge in [0.25, 0.3) is 0 Å². The van der Waals surface area contributed by atoms with Gasteiger partial charge in [0.15, 0.2) is 0 Å². The fourth-order valence-corrected chi connectivity index (χ4v) is 3.15. The van der Waals surface area contributed by atoms with Crippen LogP contribution in [0.2, 0.25) is 0 Å². The first-order valence-corrected chi connectivity index (χ1v) is 8.48. The highest BCUT2D eigenvalue weighted by molar-refractivity contribution is 7.10. The molecule has 0 aliphatic heterocycles. The van der Waals surface area contributed by atoms with Crippen molar-refractivity contribution in [3.05, 3.63) is 57.8 Å². The largest absolute Gasteiger partial charge is 0.387 e. The van der Waals surface area contributed by atoms with Crippen LogP contribution < -0.4 is 5.32 Å². The number of hydrogen-bond acceptors (Lipinski definition) is 3. The van der Waals surface area contributed by atoms with E-state index in [9.17, 15) is 5.11 Å². The molecule has 1 aromatic heterocycles. The fraction of sp³-hybridized carbons (Fsp3) is 0.444. The van der Waals surface area contributed by atoms with Crippen LogP contribution >= 0.6 is 11.3 Å². The first-order chi connectivity index (χ1) is 10.1. The maximum atomic E-state index is 10.3. The highest BCUT2D eigenvalue weighted by Crippen LogP contribution is 2.20. The van der Waals surface area contributed by atoms with E-state index in [-0.39, 0.29) is 6.04 Å². The Bertz CT molecular complexity index is 519. The Labute approximate surface area is 131 Å². The number of aliphatic hydroxyl groups excluding tert-OH is 1. The summed E-state index contributed by atoms with van der Waals surface area (Å²) in [6, 6.07) is 12.8. The second kappa shape index (κ2) is 7.74. The predicted molar refractivity (Wildman–Crippen MR) is 90.7 cm³/mol. The standard InChI is InChI=1S/C18H25NOS/c1-13(2)11-15-6-8-16(9-7-15)17(20)12-19-14(3)18-5-4-10-21-18/h4-10,13-14,17,19-20H,11-12H2,1-3H3. The summed E-state index contributed by atoms with van der Waals surface area (Å²) in [7, 11) is 0. The molecule has 0 bridgehead atoms. The van der Waals surface area contributed by atoms with Gasteiger partial charge in [-0.15, -0.1) is 11.3 Å². The molecular formula is C18H25NOS. The maximum Gasteiger partial charge on any atom is 0.0914 e. The Kier molecular flexibility index (Phi) is 5.97. The quantitative estimate of drug-likeness (QED) is 0.798. The minimum atomic E-state index is -0.458. The minimum absolute atomic E-state index is 0.278. The summed E-state index contributed by atoms with van der Waals surface area (Å²) < 4.78 is 0. The zero-order valence-corrected chi connectivity index (χ0v) is 13.9. The molecule has 0 fully saturated rings. The van der Waals surface area contributed by atoms with E-state index in [2.05, 4.69) is 55.7 Å². The molecule has 0 aliphatic rings. The zero-order valence-electron chi connectivity index (χ0n) is 13.0. The third-order valence-corrected chi connectivity index (χ3v) is 4.65. The van der Waals surface area contributed by atoms with Crippen LogP contribution in [0.1, 0.15) is 48.9 Å². The minimum Gasteiger partial charge on any atom is -0.387 e. The molecule has 1 heterocycles. The van der Waals surface area contributed by atoms with Crippen LogP contribution in [0.4, 0.5) is 0 Å². The van der Waals surface area contributed by atoms with Gasteiger partial charge in [0.1, 0.15) is 0 Å². The summed E-state index contributed by atoms with van der Waals surface area (Å²) in [5, 5.41) is 15.8. The Morgan fingerprint density at radius 1 is 1.10 bits per heavy atom. The molecule has 0 amide bonds. The van der Waals surface area contributed by atoms with Crippen molar-refractivity contribution in [2.24, 2.45) is 5.92 Å². The molecule has 0 aliphatic carbocycles. The third-order valence-electron chi connectivity index (χ3n) is 3.60. The van der Waals surface area contributed by atoms with E-state index in [1.54, 1.807) is 11.3 Å². The highest BCUT2D eigenvalue weighted by Gasteiger charge is 2.11. The Hall–Kier alpha value is -1.16. The van der Waals surface area contributed by atoms with Crippen molar-refractivity contribution in [1.82, 2.24) is 5.32 Å². The molecule has 2 N–H and O–H groups in total. The Morgan fingerprint density at radius 3 is 2.38 bits per heavy atom. The second-order valence-corrected chi connectivity index (χ2v) is 6.98. The number of benzene rings is 1. The van der Waals surface area contributed by atoms with Gasteiger partial charge in [-0.25, -0.2) is 0 Å². The van der Waals surface area contributed by atoms with Crippen molar-refractivity contribution in [1.29, 1.82) is 0 Å². The molecule has 0 saturated carbocycles. The summed E-state index contributed by atoms with van der Waals surface area (Å²) in [5.74, 6) is 0.661. The lowest BCUT2D eigenvalue weighted by Gasteiger charge is -2.17. The number of nitrogens with one attached hydrogen (secondary N) is 1. The van der Waals surface area contributed by atoms with Crippen LogP contribution in [-0.2, 0) is 6.42 Å². The van der Waals surface area contributed by atoms with Crippen molar-refractivity contribution in [2.75, 3.05) is 6.54 Å². The van der Waals surface area contributed by atoms with Gasteiger partial charge in [0, 0.05) is 17.5 Å². The summed E-state index contributed by atoms with van der Waals surface area (Å²) in [4.78, 5) is 1.30. The number of thiophene rings is 1. The smallest absolute Gasteiger partial charge is 0.0914 e. The first-order valence-electron chi connectivity index (χ1n) is 7.60. The van der Waals surface area contributed by atoms with Crippen LogP contribution in [0.15, 0.2) is 41.8 Å². The van der Waals surface area contributed by atoms with Gasteiger partial charge < -0.3 is 10.4 Å². The van der Waals surface area contributed by atoms with Gasteiger partial charge in [-0.05, 0) is 41.8 Å². The molecule has 2 aromatic rings. The number of aliphatic hydroxyl groups is 1. The zero-order chi connectivity index (χ0) is 15.2. The number of hydrogen-bond donors (Lipinski definition) is 2. The highest BCUT2D eigenvalue weighted by atomic mass is 32.1. The van der Waals surface area contributed by atoms with Crippen LogP contribution in [0.5, 0.6) is 0 Å². The van der Waals surface area contributed by atoms with Crippen molar-refractivity contribution in [3.8, 4) is 0 Å². The molecule has 2 rings (SSSR count). The molecule has 0 saturated heterocycles. The predicted octanol–water partition coefficient (Wildman–Crippen LogP) is 4.33. The third kappa shape index (κ3) is 4.95. The van der Waals surface area contributed by atoms with Gasteiger partial charge in [-0.1, -0.05) is 44.2 Å². The van der Waals surface area contributed by atoms with Crippen molar-refractivity contribution >= 4 is 11.3 Å². The van der Waals surface area contributed by atoms with Crippen LogP contribution in [0.25, 0.3) is 0 Å². The van der Waals surface area contributed by atoms with E-state index in [0.717, 1.165) is 12.0 Å². The molecule has 114 valence electrons. The van der Waals surface area contributed by atoms with Crippen molar-refractivity contribution < 1.29 is 5.11 Å². The Morgan fingerprint density at radius 2 is 1.81 bits per heavy atom. The second-order valence-electron chi connectivity index (χ2n) is 6.00. The van der Waals surface area contributed by atoms with Gasteiger partial charge >= 0.3 is 0 Å². The SMILES string of the molecule is CC(C)Cc1ccc(C(O)CNC(C)c2cccs2)cc1. The molecule has 0 spiro atoms. The average Bonchev–Trinajstić information content (AvgIpc) is 2.99. The monoisotopic (exact) mass is 303 g/mol. The number of rotatable bonds is 7. The van der Waals surface area contributed by atoms with Crippen LogP contribution in [-0.4, -0.2) is 11.7 Å². The first kappa shape index (κ1) is 16.2. The summed E-state index contributed by atoms with van der Waals surface area (Å²) >= 11 is 1.74. The van der Waals surface area contributed by atoms with Crippen molar-refractivity contribution in [2.45, 2.75) is 39.3 Å². The summed E-state index contributed by atoms with van der Waals surface area (Å²) in [5.41, 5.74) is 2.31. The molecule has 0 radical (unpaired) electrons. The molecule has 3 heteroatoms. The van der Waals surface area contributed by atoms with Crippen molar-refractivity contribution in [3.63, 3.8) is 0 Å². The molecule has 21 heavy (non-hydrogen) atoms. The molecule has 1 aromatic carbocycles. The van der Waals surface area contributed by atoms with Gasteiger partial charge in [-0.3, -0.25) is 0 Å². The summed E-state index contributed by atoms with van der Waals surface area (Å²) in [6.07, 6.45) is 0.629. The van der Waals surface area contributed by atoms with Crippen LogP contribution in [0, 0.1) is 5.92 Å². The van der Waals surface area contributed by atoms with Crippen LogP contribution in [0.3, 0.4) is 0 Å². The molecule has 2 nitrogen and oxygen atoms in total. The molecule has 2 unspecified atom stereocenters. The van der Waals surface area contributed by atoms with Gasteiger partial charge in [-0.2, -0.15) is 0 Å². The van der Waals surface area contributed by atoms with E-state index in [0.29, 0.717) is 12.5 Å². The topological polar surface area (TPSA) is 32.3 Å². The van der Waals surface area contributed by atoms with E-state index < -0.39 is 6.10 Å². The average molecular weight is 303 g/mol. The normalized spacial score (nSPS) is 14.3. The fourth-order valence-electron chi connectivity index (χ4n) is 2.39. The Balaban J connectivity index is 1.86. The lowest BCUT2D eigenvalue weighted by Crippen LogP contribution is -2.24. The van der Waals surface area contributed by atoms with Gasteiger partial charge in [0.2, 0.25) is 0 Å². The maximum absolute atomic E-state index is 10.3. The lowest BCUT2D eigenvalue weighted by atomic mass is 10.00. The molecule has 2 atom stereocenters.